The zero-order valence-corrected chi connectivity index (χ0v) is 28.2. The first kappa shape index (κ1) is 34.5. The Bertz CT molecular complexity index is 1950. The largest absolute Gasteiger partial charge is 0.491 e. The molecule has 6 aromatic carbocycles. The van der Waals surface area contributed by atoms with Gasteiger partial charge in [0.2, 0.25) is 0 Å². The molecular weight excluding hydrogens is 624 g/mol. The molecule has 6 aromatic rings. The van der Waals surface area contributed by atoms with Gasteiger partial charge in [-0.25, -0.2) is 0 Å². The third-order valence-electron chi connectivity index (χ3n) is 8.71. The van der Waals surface area contributed by atoms with Crippen LogP contribution in [0.2, 0.25) is 0 Å². The standard InChI is InChI=1S/C44H42O6/c1-31-7-8-37(34-13-18-39(19-14-34)48-26-23-45)29-41(31)44(36-11-9-33(10-12-36)32-5-3-2-4-6-32)42-30-38(17-22-43(42)50-28-25-47)35-15-20-40(21-16-35)49-27-24-46/h2-22,29-30,44-47H,23-28H2,1H3. The Hall–Kier alpha value is -5.40. The fourth-order valence-corrected chi connectivity index (χ4v) is 6.21. The van der Waals surface area contributed by atoms with Crippen molar-refractivity contribution in [3.63, 3.8) is 0 Å². The van der Waals surface area contributed by atoms with Crippen molar-refractivity contribution in [3.8, 4) is 50.6 Å². The lowest BCUT2D eigenvalue weighted by atomic mass is 9.80. The van der Waals surface area contributed by atoms with Gasteiger partial charge in [-0.05, 0) is 99.5 Å². The van der Waals surface area contributed by atoms with Crippen molar-refractivity contribution < 1.29 is 29.5 Å². The molecule has 0 spiro atoms. The maximum absolute atomic E-state index is 9.75. The lowest BCUT2D eigenvalue weighted by Gasteiger charge is -2.25. The number of aliphatic hydroxyl groups is 3. The SMILES string of the molecule is Cc1ccc(-c2ccc(OCCO)cc2)cc1C(c1ccc(-c2ccccc2)cc1)c1cc(-c2ccc(OCCO)cc2)ccc1OCCO. The Morgan fingerprint density at radius 2 is 0.880 bits per heavy atom. The van der Waals surface area contributed by atoms with E-state index in [1.54, 1.807) is 0 Å². The highest BCUT2D eigenvalue weighted by atomic mass is 16.5. The molecule has 1 atom stereocenters. The summed E-state index contributed by atoms with van der Waals surface area (Å²) in [5.41, 5.74) is 10.8. The van der Waals surface area contributed by atoms with Gasteiger partial charge in [0.1, 0.15) is 37.1 Å². The van der Waals surface area contributed by atoms with Crippen LogP contribution in [-0.2, 0) is 0 Å². The number of hydrogen-bond donors (Lipinski definition) is 3. The molecule has 0 bridgehead atoms. The monoisotopic (exact) mass is 666 g/mol. The molecule has 1 unspecified atom stereocenters. The van der Waals surface area contributed by atoms with Gasteiger partial charge in [-0.1, -0.05) is 97.1 Å². The van der Waals surface area contributed by atoms with Gasteiger partial charge in [0.05, 0.1) is 19.8 Å². The number of ether oxygens (including phenoxy) is 3. The molecule has 3 N–H and O–H groups in total. The van der Waals surface area contributed by atoms with E-state index < -0.39 is 0 Å². The second-order valence-electron chi connectivity index (χ2n) is 12.0. The van der Waals surface area contributed by atoms with Crippen molar-refractivity contribution in [2.24, 2.45) is 0 Å². The van der Waals surface area contributed by atoms with Gasteiger partial charge in [-0.3, -0.25) is 0 Å². The van der Waals surface area contributed by atoms with Gasteiger partial charge >= 0.3 is 0 Å². The van der Waals surface area contributed by atoms with Crippen LogP contribution in [0.4, 0.5) is 0 Å². The van der Waals surface area contributed by atoms with Gasteiger partial charge in [0.25, 0.3) is 0 Å². The highest BCUT2D eigenvalue weighted by Gasteiger charge is 2.24. The summed E-state index contributed by atoms with van der Waals surface area (Å²) in [6.07, 6.45) is 0. The summed E-state index contributed by atoms with van der Waals surface area (Å²) in [6.45, 7) is 2.63. The van der Waals surface area contributed by atoms with Gasteiger partial charge in [0.15, 0.2) is 0 Å². The Kier molecular flexibility index (Phi) is 11.6. The summed E-state index contributed by atoms with van der Waals surface area (Å²) in [7, 11) is 0. The summed E-state index contributed by atoms with van der Waals surface area (Å²) >= 11 is 0. The van der Waals surface area contributed by atoms with Crippen LogP contribution in [0.25, 0.3) is 33.4 Å². The van der Waals surface area contributed by atoms with Crippen LogP contribution in [0.5, 0.6) is 17.2 Å². The second-order valence-corrected chi connectivity index (χ2v) is 12.0. The highest BCUT2D eigenvalue weighted by molar-refractivity contribution is 5.71. The molecule has 6 heteroatoms. The van der Waals surface area contributed by atoms with E-state index in [1.807, 2.05) is 78.9 Å². The third kappa shape index (κ3) is 8.24. The number of aryl methyl sites for hydroxylation is 1. The predicted molar refractivity (Wildman–Crippen MR) is 199 cm³/mol. The minimum absolute atomic E-state index is 0.0354. The first-order valence-electron chi connectivity index (χ1n) is 16.9. The van der Waals surface area contributed by atoms with Crippen LogP contribution < -0.4 is 14.2 Å². The zero-order valence-electron chi connectivity index (χ0n) is 28.2. The Morgan fingerprint density at radius 3 is 1.44 bits per heavy atom. The normalized spacial score (nSPS) is 11.6. The van der Waals surface area contributed by atoms with Crippen LogP contribution in [0.3, 0.4) is 0 Å². The summed E-state index contributed by atoms with van der Waals surface area (Å²) in [5.74, 6) is 1.91. The van der Waals surface area contributed by atoms with Gasteiger partial charge in [-0.15, -0.1) is 0 Å². The van der Waals surface area contributed by atoms with Crippen LogP contribution >= 0.6 is 0 Å². The van der Waals surface area contributed by atoms with E-state index in [4.69, 9.17) is 24.4 Å². The lowest BCUT2D eigenvalue weighted by Crippen LogP contribution is -2.10. The van der Waals surface area contributed by atoms with Crippen LogP contribution in [0.15, 0.2) is 140 Å². The van der Waals surface area contributed by atoms with E-state index in [0.717, 1.165) is 55.6 Å². The Balaban J connectivity index is 1.48. The second kappa shape index (κ2) is 16.8. The third-order valence-corrected chi connectivity index (χ3v) is 8.71. The molecule has 0 saturated heterocycles. The minimum Gasteiger partial charge on any atom is -0.491 e. The van der Waals surface area contributed by atoms with E-state index in [-0.39, 0.29) is 45.6 Å². The predicted octanol–water partition coefficient (Wildman–Crippen LogP) is 8.29. The molecule has 0 saturated carbocycles. The van der Waals surface area contributed by atoms with Crippen molar-refractivity contribution in [1.82, 2.24) is 0 Å². The molecule has 0 aliphatic rings. The topological polar surface area (TPSA) is 88.4 Å². The maximum atomic E-state index is 9.75. The molecule has 0 aromatic heterocycles. The average Bonchev–Trinajstić information content (AvgIpc) is 3.17. The smallest absolute Gasteiger partial charge is 0.123 e. The summed E-state index contributed by atoms with van der Waals surface area (Å²) in [4.78, 5) is 0. The molecule has 0 aliphatic carbocycles. The quantitative estimate of drug-likeness (QED) is 0.0957. The van der Waals surface area contributed by atoms with Crippen LogP contribution in [0.1, 0.15) is 28.2 Å². The van der Waals surface area contributed by atoms with E-state index >= 15 is 0 Å². The average molecular weight is 667 g/mol. The molecule has 0 heterocycles. The van der Waals surface area contributed by atoms with Gasteiger partial charge in [0, 0.05) is 11.5 Å². The molecular formula is C44H42O6. The van der Waals surface area contributed by atoms with Gasteiger partial charge < -0.3 is 29.5 Å². The fourth-order valence-electron chi connectivity index (χ4n) is 6.21. The molecule has 0 fully saturated rings. The number of benzene rings is 6. The van der Waals surface area contributed by atoms with E-state index in [0.29, 0.717) is 17.2 Å². The van der Waals surface area contributed by atoms with Crippen molar-refractivity contribution >= 4 is 0 Å². The molecule has 0 radical (unpaired) electrons. The number of rotatable bonds is 15. The first-order chi connectivity index (χ1) is 24.6. The van der Waals surface area contributed by atoms with E-state index in [1.165, 1.54) is 0 Å². The Morgan fingerprint density at radius 1 is 0.440 bits per heavy atom. The molecule has 6 nitrogen and oxygen atoms in total. The van der Waals surface area contributed by atoms with Crippen LogP contribution in [0, 0.1) is 6.92 Å². The van der Waals surface area contributed by atoms with Crippen molar-refractivity contribution in [2.45, 2.75) is 12.8 Å². The molecule has 254 valence electrons. The maximum Gasteiger partial charge on any atom is 0.123 e. The van der Waals surface area contributed by atoms with Gasteiger partial charge in [-0.2, -0.15) is 0 Å². The highest BCUT2D eigenvalue weighted by Crippen LogP contribution is 2.42. The van der Waals surface area contributed by atoms with E-state index in [2.05, 4.69) is 67.6 Å². The summed E-state index contributed by atoms with van der Waals surface area (Å²) < 4.78 is 17.4. The Labute approximate surface area is 293 Å². The lowest BCUT2D eigenvalue weighted by molar-refractivity contribution is 0.200. The number of aliphatic hydroxyl groups excluding tert-OH is 3. The van der Waals surface area contributed by atoms with Crippen molar-refractivity contribution in [3.05, 3.63) is 162 Å². The molecule has 6 rings (SSSR count). The van der Waals surface area contributed by atoms with Crippen molar-refractivity contribution in [2.75, 3.05) is 39.6 Å². The molecule has 0 amide bonds. The first-order valence-corrected chi connectivity index (χ1v) is 16.9. The zero-order chi connectivity index (χ0) is 34.7. The summed E-state index contributed by atoms with van der Waals surface area (Å²) in [6, 6.07) is 47.6. The van der Waals surface area contributed by atoms with E-state index in [9.17, 15) is 5.11 Å². The van der Waals surface area contributed by atoms with Crippen molar-refractivity contribution in [1.29, 1.82) is 0 Å². The summed E-state index contributed by atoms with van der Waals surface area (Å²) in [5, 5.41) is 28.1. The van der Waals surface area contributed by atoms with Crippen LogP contribution in [-0.4, -0.2) is 55.0 Å². The molecule has 0 aliphatic heterocycles. The molecule has 50 heavy (non-hydrogen) atoms. The minimum atomic E-state index is -0.201. The fraction of sp³-hybridized carbons (Fsp3) is 0.182. The number of hydrogen-bond acceptors (Lipinski definition) is 6.